The highest BCUT2D eigenvalue weighted by atomic mass is 19.1. The number of rotatable bonds is 5. The van der Waals surface area contributed by atoms with Gasteiger partial charge in [0.05, 0.1) is 17.0 Å². The molecule has 2 fully saturated rings. The van der Waals surface area contributed by atoms with E-state index < -0.39 is 11.2 Å². The molecular weight excluding hydrogens is 293 g/mol. The molecule has 0 spiro atoms. The second-order valence-electron chi connectivity index (χ2n) is 6.94. The molecule has 122 valence electrons. The smallest absolute Gasteiger partial charge is 0.162 e. The van der Waals surface area contributed by atoms with E-state index in [0.29, 0.717) is 18.3 Å². The minimum Gasteiger partial charge on any atom is -0.492 e. The number of nitriles is 1. The highest BCUT2D eigenvalue weighted by Gasteiger charge is 2.34. The Bertz CT molecular complexity index is 652. The van der Waals surface area contributed by atoms with E-state index in [4.69, 9.17) is 4.74 Å². The lowest BCUT2D eigenvalue weighted by atomic mass is 9.76. The Morgan fingerprint density at radius 1 is 1.35 bits per heavy atom. The zero-order valence-corrected chi connectivity index (χ0v) is 13.5. The van der Waals surface area contributed by atoms with Crippen molar-refractivity contribution in [3.05, 3.63) is 29.1 Å². The lowest BCUT2D eigenvalue weighted by Crippen LogP contribution is -2.29. The molecule has 0 aliphatic heterocycles. The van der Waals surface area contributed by atoms with E-state index in [-0.39, 0.29) is 11.3 Å². The number of carbonyl (C=O) groups excluding carboxylic acids is 1. The molecule has 2 aliphatic rings. The van der Waals surface area contributed by atoms with E-state index in [9.17, 15) is 14.4 Å². The van der Waals surface area contributed by atoms with Crippen molar-refractivity contribution in [3.63, 3.8) is 0 Å². The lowest BCUT2D eigenvalue weighted by Gasteiger charge is -2.30. The standard InChI is InChI=1S/C19H22FNO2/c1-13(22)15-9-16(14-5-6-14)18(10-17(15)20)23-12-19(11-21)7-3-2-4-8-19/h9-10,14H,2-8,12H2,1H3. The maximum Gasteiger partial charge on any atom is 0.162 e. The van der Waals surface area contributed by atoms with Crippen LogP contribution in [0.15, 0.2) is 12.1 Å². The highest BCUT2D eigenvalue weighted by Crippen LogP contribution is 2.46. The van der Waals surface area contributed by atoms with Crippen LogP contribution >= 0.6 is 0 Å². The number of carbonyl (C=O) groups is 1. The summed E-state index contributed by atoms with van der Waals surface area (Å²) in [5, 5.41) is 9.53. The van der Waals surface area contributed by atoms with Gasteiger partial charge in [-0.3, -0.25) is 4.79 Å². The predicted octanol–water partition coefficient (Wildman–Crippen LogP) is 4.76. The maximum absolute atomic E-state index is 14.1. The summed E-state index contributed by atoms with van der Waals surface area (Å²) in [5.74, 6) is 0.0616. The lowest BCUT2D eigenvalue weighted by molar-refractivity contribution is 0.101. The average molecular weight is 315 g/mol. The predicted molar refractivity (Wildman–Crippen MR) is 85.0 cm³/mol. The van der Waals surface area contributed by atoms with E-state index in [1.165, 1.54) is 19.4 Å². The fourth-order valence-electron chi connectivity index (χ4n) is 3.41. The van der Waals surface area contributed by atoms with E-state index in [2.05, 4.69) is 6.07 Å². The third-order valence-corrected chi connectivity index (χ3v) is 5.05. The third-order valence-electron chi connectivity index (χ3n) is 5.05. The number of Topliss-reactive ketones (excluding diaryl/α,β-unsaturated/α-hetero) is 1. The van der Waals surface area contributed by atoms with E-state index in [1.54, 1.807) is 6.07 Å². The Balaban J connectivity index is 1.83. The minimum atomic E-state index is -0.536. The fraction of sp³-hybridized carbons (Fsp3) is 0.579. The summed E-state index contributed by atoms with van der Waals surface area (Å²) in [7, 11) is 0. The summed E-state index contributed by atoms with van der Waals surface area (Å²) in [6.07, 6.45) is 7.03. The van der Waals surface area contributed by atoms with Gasteiger partial charge in [-0.15, -0.1) is 0 Å². The number of ether oxygens (including phenoxy) is 1. The molecule has 0 bridgehead atoms. The van der Waals surface area contributed by atoms with Crippen LogP contribution in [0.4, 0.5) is 4.39 Å². The van der Waals surface area contributed by atoms with Gasteiger partial charge >= 0.3 is 0 Å². The van der Waals surface area contributed by atoms with E-state index >= 15 is 0 Å². The molecule has 1 aromatic carbocycles. The van der Waals surface area contributed by atoms with Crippen LogP contribution in [0.2, 0.25) is 0 Å². The number of ketones is 1. The molecule has 0 amide bonds. The number of nitrogens with zero attached hydrogens (tertiary/aromatic N) is 1. The van der Waals surface area contributed by atoms with Crippen LogP contribution in [0.5, 0.6) is 5.75 Å². The highest BCUT2D eigenvalue weighted by molar-refractivity contribution is 5.94. The molecule has 2 aliphatic carbocycles. The number of hydrogen-bond acceptors (Lipinski definition) is 3. The first-order valence-corrected chi connectivity index (χ1v) is 8.43. The first kappa shape index (κ1) is 16.0. The zero-order chi connectivity index (χ0) is 16.4. The van der Waals surface area contributed by atoms with Gasteiger partial charge in [0.1, 0.15) is 18.2 Å². The Labute approximate surface area is 136 Å². The van der Waals surface area contributed by atoms with Crippen molar-refractivity contribution in [2.75, 3.05) is 6.61 Å². The summed E-state index contributed by atoms with van der Waals surface area (Å²) >= 11 is 0. The van der Waals surface area contributed by atoms with Crippen molar-refractivity contribution < 1.29 is 13.9 Å². The molecule has 0 unspecified atom stereocenters. The van der Waals surface area contributed by atoms with Gasteiger partial charge in [-0.25, -0.2) is 4.39 Å². The topological polar surface area (TPSA) is 50.1 Å². The molecule has 0 heterocycles. The Hall–Kier alpha value is -1.89. The van der Waals surface area contributed by atoms with Gasteiger partial charge in [0.15, 0.2) is 5.78 Å². The minimum absolute atomic E-state index is 0.131. The van der Waals surface area contributed by atoms with E-state index in [0.717, 1.165) is 44.1 Å². The van der Waals surface area contributed by atoms with Gasteiger partial charge in [-0.1, -0.05) is 19.3 Å². The largest absolute Gasteiger partial charge is 0.492 e. The van der Waals surface area contributed by atoms with Gasteiger partial charge in [-0.2, -0.15) is 5.26 Å². The molecule has 0 saturated heterocycles. The van der Waals surface area contributed by atoms with Crippen LogP contribution in [0.1, 0.15) is 73.7 Å². The molecule has 4 heteroatoms. The number of benzene rings is 1. The molecule has 0 radical (unpaired) electrons. The molecule has 3 rings (SSSR count). The van der Waals surface area contributed by atoms with E-state index in [1.807, 2.05) is 0 Å². The summed E-state index contributed by atoms with van der Waals surface area (Å²) < 4.78 is 20.1. The SMILES string of the molecule is CC(=O)c1cc(C2CC2)c(OCC2(C#N)CCCCC2)cc1F. The third kappa shape index (κ3) is 3.39. The van der Waals surface area contributed by atoms with Crippen LogP contribution in [-0.2, 0) is 0 Å². The van der Waals surface area contributed by atoms with Crippen molar-refractivity contribution >= 4 is 5.78 Å². The van der Waals surface area contributed by atoms with Gasteiger partial charge in [-0.05, 0) is 50.2 Å². The van der Waals surface area contributed by atoms with Gasteiger partial charge in [0, 0.05) is 6.07 Å². The molecule has 2 saturated carbocycles. The first-order valence-electron chi connectivity index (χ1n) is 8.43. The monoisotopic (exact) mass is 315 g/mol. The molecule has 0 N–H and O–H groups in total. The first-order chi connectivity index (χ1) is 11.0. The molecule has 1 aromatic rings. The Kier molecular flexibility index (Phi) is 4.39. The van der Waals surface area contributed by atoms with Crippen LogP contribution < -0.4 is 4.74 Å². The normalized spacial score (nSPS) is 19.9. The molecular formula is C19H22FNO2. The fourth-order valence-corrected chi connectivity index (χ4v) is 3.41. The summed E-state index contributed by atoms with van der Waals surface area (Å²) in [6.45, 7) is 1.68. The van der Waals surface area contributed by atoms with Crippen LogP contribution in [-0.4, -0.2) is 12.4 Å². The second-order valence-corrected chi connectivity index (χ2v) is 6.94. The van der Waals surface area contributed by atoms with Crippen LogP contribution in [0.3, 0.4) is 0 Å². The molecule has 0 aromatic heterocycles. The van der Waals surface area contributed by atoms with Gasteiger partial charge in [0.2, 0.25) is 0 Å². The Morgan fingerprint density at radius 3 is 2.61 bits per heavy atom. The summed E-state index contributed by atoms with van der Waals surface area (Å²) in [6, 6.07) is 5.40. The van der Waals surface area contributed by atoms with Crippen molar-refractivity contribution in [2.24, 2.45) is 5.41 Å². The molecule has 3 nitrogen and oxygen atoms in total. The maximum atomic E-state index is 14.1. The van der Waals surface area contributed by atoms with Crippen molar-refractivity contribution in [1.82, 2.24) is 0 Å². The van der Waals surface area contributed by atoms with Crippen molar-refractivity contribution in [2.45, 2.75) is 57.8 Å². The molecule has 23 heavy (non-hydrogen) atoms. The van der Waals surface area contributed by atoms with Crippen LogP contribution in [0, 0.1) is 22.6 Å². The number of halogens is 1. The summed E-state index contributed by atoms with van der Waals surface area (Å²) in [4.78, 5) is 11.6. The van der Waals surface area contributed by atoms with Gasteiger partial charge < -0.3 is 4.74 Å². The van der Waals surface area contributed by atoms with Crippen molar-refractivity contribution in [1.29, 1.82) is 5.26 Å². The second kappa shape index (κ2) is 6.31. The average Bonchev–Trinajstić information content (AvgIpc) is 3.38. The van der Waals surface area contributed by atoms with Crippen LogP contribution in [0.25, 0.3) is 0 Å². The van der Waals surface area contributed by atoms with Gasteiger partial charge in [0.25, 0.3) is 0 Å². The van der Waals surface area contributed by atoms with Crippen molar-refractivity contribution in [3.8, 4) is 11.8 Å². The zero-order valence-electron chi connectivity index (χ0n) is 13.5. The number of hydrogen-bond donors (Lipinski definition) is 0. The summed E-state index contributed by atoms with van der Waals surface area (Å²) in [5.41, 5.74) is 0.599. The quantitative estimate of drug-likeness (QED) is 0.736. The molecule has 0 atom stereocenters. The Morgan fingerprint density at radius 2 is 2.04 bits per heavy atom.